The van der Waals surface area contributed by atoms with Gasteiger partial charge >= 0.3 is 0 Å². The monoisotopic (exact) mass is 480 g/mol. The number of rotatable bonds is 10. The summed E-state index contributed by atoms with van der Waals surface area (Å²) in [4.78, 5) is 5.41. The average molecular weight is 481 g/mol. The predicted molar refractivity (Wildman–Crippen MR) is 139 cm³/mol. The van der Waals surface area contributed by atoms with Crippen molar-refractivity contribution in [2.45, 2.75) is 20.3 Å². The van der Waals surface area contributed by atoms with Crippen LogP contribution in [0.4, 0.5) is 8.78 Å². The van der Waals surface area contributed by atoms with Crippen LogP contribution < -0.4 is 0 Å². The van der Waals surface area contributed by atoms with Crippen LogP contribution in [0.2, 0.25) is 0 Å². The maximum atomic E-state index is 12.6. The van der Waals surface area contributed by atoms with E-state index in [1.807, 2.05) is 26.0 Å². The van der Waals surface area contributed by atoms with Crippen molar-refractivity contribution in [2.75, 3.05) is 39.8 Å². The minimum Gasteiger partial charge on any atom is -0.494 e. The van der Waals surface area contributed by atoms with Crippen molar-refractivity contribution in [1.29, 1.82) is 5.26 Å². The molecule has 7 heteroatoms. The first-order valence-electron chi connectivity index (χ1n) is 11.4. The Morgan fingerprint density at radius 1 is 1.23 bits per heavy atom. The number of aryl methyl sites for hydroxylation is 1. The van der Waals surface area contributed by atoms with Crippen LogP contribution in [0.3, 0.4) is 0 Å². The van der Waals surface area contributed by atoms with E-state index in [-0.39, 0.29) is 12.4 Å². The van der Waals surface area contributed by atoms with Crippen molar-refractivity contribution in [3.05, 3.63) is 102 Å². The van der Waals surface area contributed by atoms with Crippen LogP contribution in [-0.2, 0) is 0 Å². The minimum atomic E-state index is -2.32. The van der Waals surface area contributed by atoms with Gasteiger partial charge in [-0.1, -0.05) is 44.0 Å². The summed E-state index contributed by atoms with van der Waals surface area (Å²) in [6, 6.07) is 7.36. The Morgan fingerprint density at radius 3 is 2.40 bits per heavy atom. The molecule has 1 heterocycles. The smallest absolute Gasteiger partial charge is 0.251 e. The molecule has 0 spiro atoms. The molecule has 0 bridgehead atoms. The van der Waals surface area contributed by atoms with E-state index in [0.29, 0.717) is 43.0 Å². The highest BCUT2D eigenvalue weighted by molar-refractivity contribution is 5.77. The molecule has 1 aliphatic rings. The number of aliphatic hydroxyl groups is 1. The third-order valence-electron chi connectivity index (χ3n) is 6.09. The highest BCUT2D eigenvalue weighted by atomic mass is 19.3. The lowest BCUT2D eigenvalue weighted by Gasteiger charge is -2.37. The first-order valence-corrected chi connectivity index (χ1v) is 11.4. The Balaban J connectivity index is 2.13. The molecule has 0 radical (unpaired) electrons. The zero-order chi connectivity index (χ0) is 26.1. The second kappa shape index (κ2) is 12.7. The molecule has 1 aliphatic heterocycles. The van der Waals surface area contributed by atoms with E-state index >= 15 is 0 Å². The third-order valence-corrected chi connectivity index (χ3v) is 6.09. The fourth-order valence-electron chi connectivity index (χ4n) is 3.91. The molecule has 1 N–H and O–H groups in total. The second-order valence-corrected chi connectivity index (χ2v) is 8.34. The fourth-order valence-corrected chi connectivity index (χ4v) is 3.91. The number of nitriles is 1. The lowest BCUT2D eigenvalue weighted by Crippen LogP contribution is -2.47. The number of halogens is 2. The molecule has 1 fully saturated rings. The third kappa shape index (κ3) is 7.17. The summed E-state index contributed by atoms with van der Waals surface area (Å²) in [6.07, 6.45) is 4.85. The highest BCUT2D eigenvalue weighted by Gasteiger charge is 2.21. The molecule has 0 unspecified atom stereocenters. The van der Waals surface area contributed by atoms with Gasteiger partial charge in [0.15, 0.2) is 5.88 Å². The van der Waals surface area contributed by atoms with Crippen LogP contribution in [0.5, 0.6) is 0 Å². The van der Waals surface area contributed by atoms with Gasteiger partial charge in [0, 0.05) is 50.2 Å². The van der Waals surface area contributed by atoms with Gasteiger partial charge in [0.2, 0.25) is 0 Å². The molecule has 186 valence electrons. The minimum absolute atomic E-state index is 0.0153. The lowest BCUT2D eigenvalue weighted by atomic mass is 9.98. The standard InChI is InChI=1S/C28H34F2N4O/c1-7-24(22(5)34-15-13-33(14-16-34)19-27(29)30)11-9-21(4)32(6)28(35)25(8-2)26-12-10-23(18-31)17-20(26)3/h7-12,17,27,35H,2,4-5,13-16,19H2,1,3,6H3/b11-9-,24-7?,28-25-. The summed E-state index contributed by atoms with van der Waals surface area (Å²) in [7, 11) is 1.71. The Morgan fingerprint density at radius 2 is 1.89 bits per heavy atom. The average Bonchev–Trinajstić information content (AvgIpc) is 2.84. The topological polar surface area (TPSA) is 53.7 Å². The Kier molecular flexibility index (Phi) is 10.0. The number of hydrogen-bond acceptors (Lipinski definition) is 5. The second-order valence-electron chi connectivity index (χ2n) is 8.34. The van der Waals surface area contributed by atoms with Crippen LogP contribution >= 0.6 is 0 Å². The summed E-state index contributed by atoms with van der Waals surface area (Å²) >= 11 is 0. The molecule has 0 saturated carbocycles. The number of likely N-dealkylation sites (N-methyl/N-ethyl adjacent to an activating group) is 1. The van der Waals surface area contributed by atoms with Crippen LogP contribution in [0.25, 0.3) is 5.57 Å². The van der Waals surface area contributed by atoms with Crippen LogP contribution in [0, 0.1) is 18.3 Å². The van der Waals surface area contributed by atoms with E-state index in [1.54, 1.807) is 47.2 Å². The van der Waals surface area contributed by atoms with Crippen molar-refractivity contribution in [1.82, 2.24) is 14.7 Å². The lowest BCUT2D eigenvalue weighted by molar-refractivity contribution is 0.0646. The van der Waals surface area contributed by atoms with Crippen LogP contribution in [0.15, 0.2) is 85.1 Å². The first-order chi connectivity index (χ1) is 16.6. The molecule has 0 amide bonds. The van der Waals surface area contributed by atoms with E-state index < -0.39 is 6.43 Å². The quantitative estimate of drug-likeness (QED) is 0.348. The molecule has 0 aliphatic carbocycles. The van der Waals surface area contributed by atoms with Crippen molar-refractivity contribution < 1.29 is 13.9 Å². The van der Waals surface area contributed by atoms with E-state index in [1.165, 1.54) is 0 Å². The SMILES string of the molecule is C=C/C(=C(/O)N(C)C(=C)/C=C\C(=CC)C(=C)N1CCN(CC(F)F)CC1)c1ccc(C#N)cc1C. The molecular weight excluding hydrogens is 446 g/mol. The molecule has 0 atom stereocenters. The molecule has 5 nitrogen and oxygen atoms in total. The van der Waals surface area contributed by atoms with E-state index in [2.05, 4.69) is 30.7 Å². The number of aliphatic hydroxyl groups excluding tert-OH is 1. The predicted octanol–water partition coefficient (Wildman–Crippen LogP) is 5.62. The summed E-state index contributed by atoms with van der Waals surface area (Å²) in [5.74, 6) is -0.0153. The van der Waals surface area contributed by atoms with Gasteiger partial charge in [0.05, 0.1) is 18.2 Å². The number of piperazine rings is 1. The van der Waals surface area contributed by atoms with Gasteiger partial charge in [-0.25, -0.2) is 8.78 Å². The zero-order valence-electron chi connectivity index (χ0n) is 20.8. The van der Waals surface area contributed by atoms with Crippen molar-refractivity contribution in [2.24, 2.45) is 0 Å². The molecule has 1 aromatic carbocycles. The molecule has 0 aromatic heterocycles. The summed E-state index contributed by atoms with van der Waals surface area (Å²) in [5, 5.41) is 20.1. The number of hydrogen-bond donors (Lipinski definition) is 1. The summed E-state index contributed by atoms with van der Waals surface area (Å²) in [5.41, 5.74) is 4.94. The normalized spacial score (nSPS) is 15.7. The Hall–Kier alpha value is -3.63. The maximum Gasteiger partial charge on any atom is 0.251 e. The maximum absolute atomic E-state index is 12.6. The van der Waals surface area contributed by atoms with E-state index in [0.717, 1.165) is 22.4 Å². The van der Waals surface area contributed by atoms with E-state index in [4.69, 9.17) is 5.26 Å². The Bertz CT molecular complexity index is 1090. The highest BCUT2D eigenvalue weighted by Crippen LogP contribution is 2.26. The van der Waals surface area contributed by atoms with Gasteiger partial charge in [-0.05, 0) is 48.8 Å². The van der Waals surface area contributed by atoms with E-state index in [9.17, 15) is 13.9 Å². The summed E-state index contributed by atoms with van der Waals surface area (Å²) < 4.78 is 25.3. The first kappa shape index (κ1) is 27.6. The van der Waals surface area contributed by atoms with Crippen molar-refractivity contribution in [3.63, 3.8) is 0 Å². The van der Waals surface area contributed by atoms with Crippen LogP contribution in [-0.4, -0.2) is 66.0 Å². The number of benzene rings is 1. The van der Waals surface area contributed by atoms with Gasteiger partial charge in [0.25, 0.3) is 6.43 Å². The van der Waals surface area contributed by atoms with Gasteiger partial charge in [-0.2, -0.15) is 5.26 Å². The number of allylic oxidation sites excluding steroid dienone is 5. The summed E-state index contributed by atoms with van der Waals surface area (Å²) in [6.45, 7) is 18.1. The number of nitrogens with zero attached hydrogens (tertiary/aromatic N) is 4. The zero-order valence-corrected chi connectivity index (χ0v) is 20.8. The molecule has 1 aromatic rings. The van der Waals surface area contributed by atoms with Gasteiger partial charge in [-0.3, -0.25) is 4.90 Å². The molecule has 1 saturated heterocycles. The fraction of sp³-hybridized carbons (Fsp3) is 0.321. The van der Waals surface area contributed by atoms with Gasteiger partial charge < -0.3 is 14.9 Å². The molecular formula is C28H34F2N4O. The van der Waals surface area contributed by atoms with Crippen molar-refractivity contribution in [3.8, 4) is 6.07 Å². The van der Waals surface area contributed by atoms with Gasteiger partial charge in [0.1, 0.15) is 0 Å². The van der Waals surface area contributed by atoms with Crippen LogP contribution in [0.1, 0.15) is 23.6 Å². The van der Waals surface area contributed by atoms with Gasteiger partial charge in [-0.15, -0.1) is 0 Å². The largest absolute Gasteiger partial charge is 0.494 e. The number of alkyl halides is 2. The Labute approximate surface area is 207 Å². The molecule has 35 heavy (non-hydrogen) atoms. The molecule has 2 rings (SSSR count). The van der Waals surface area contributed by atoms with Crippen molar-refractivity contribution >= 4 is 5.57 Å².